The standard InChI is InChI=1S/C23H20F2N2O2/c1-15(18-12-19(24)14-20(25)13-18)27(23(29)17-10-6-3-7-11-17)21(22(26)28)16-8-4-2-5-9-16/h2-15,21H,1H3,(H2,26,28)/t15-,21+/m1/s1. The number of nitrogens with zero attached hydrogens (tertiary/aromatic N) is 1. The van der Waals surface area contributed by atoms with Gasteiger partial charge in [-0.1, -0.05) is 48.5 Å². The van der Waals surface area contributed by atoms with Gasteiger partial charge in [-0.2, -0.15) is 0 Å². The van der Waals surface area contributed by atoms with Crippen LogP contribution in [0.5, 0.6) is 0 Å². The molecule has 3 aromatic carbocycles. The van der Waals surface area contributed by atoms with Crippen LogP contribution in [0.15, 0.2) is 78.9 Å². The van der Waals surface area contributed by atoms with Crippen LogP contribution in [0.3, 0.4) is 0 Å². The molecule has 0 aliphatic heterocycles. The zero-order valence-corrected chi connectivity index (χ0v) is 15.8. The van der Waals surface area contributed by atoms with Gasteiger partial charge >= 0.3 is 0 Å². The van der Waals surface area contributed by atoms with Gasteiger partial charge in [-0.25, -0.2) is 8.78 Å². The first-order chi connectivity index (χ1) is 13.9. The fourth-order valence-electron chi connectivity index (χ4n) is 3.32. The minimum atomic E-state index is -1.12. The van der Waals surface area contributed by atoms with E-state index >= 15 is 0 Å². The molecule has 2 atom stereocenters. The van der Waals surface area contributed by atoms with Gasteiger partial charge in [-0.3, -0.25) is 9.59 Å². The zero-order chi connectivity index (χ0) is 21.0. The van der Waals surface area contributed by atoms with Gasteiger partial charge in [0.2, 0.25) is 5.91 Å². The first-order valence-electron chi connectivity index (χ1n) is 9.06. The molecule has 0 saturated carbocycles. The van der Waals surface area contributed by atoms with Crippen LogP contribution in [0.1, 0.15) is 40.5 Å². The Morgan fingerprint density at radius 1 is 0.828 bits per heavy atom. The number of rotatable bonds is 6. The zero-order valence-electron chi connectivity index (χ0n) is 15.8. The van der Waals surface area contributed by atoms with Crippen LogP contribution in [0, 0.1) is 11.6 Å². The Labute approximate surface area is 167 Å². The van der Waals surface area contributed by atoms with Gasteiger partial charge in [0.15, 0.2) is 0 Å². The van der Waals surface area contributed by atoms with E-state index in [4.69, 9.17) is 5.73 Å². The third kappa shape index (κ3) is 4.48. The molecule has 0 bridgehead atoms. The number of benzene rings is 3. The van der Waals surface area contributed by atoms with Crippen LogP contribution in [0.2, 0.25) is 0 Å². The van der Waals surface area contributed by atoms with Crippen molar-refractivity contribution < 1.29 is 18.4 Å². The molecule has 0 radical (unpaired) electrons. The number of primary amides is 1. The molecule has 2 N–H and O–H groups in total. The van der Waals surface area contributed by atoms with Gasteiger partial charge in [-0.15, -0.1) is 0 Å². The second-order valence-electron chi connectivity index (χ2n) is 6.67. The maximum Gasteiger partial charge on any atom is 0.255 e. The Morgan fingerprint density at radius 3 is 1.86 bits per heavy atom. The third-order valence-electron chi connectivity index (χ3n) is 4.70. The van der Waals surface area contributed by atoms with Crippen molar-refractivity contribution in [3.63, 3.8) is 0 Å². The average molecular weight is 394 g/mol. The van der Waals surface area contributed by atoms with Crippen LogP contribution in [-0.4, -0.2) is 16.7 Å². The largest absolute Gasteiger partial charge is 0.368 e. The summed E-state index contributed by atoms with van der Waals surface area (Å²) in [4.78, 5) is 27.1. The van der Waals surface area contributed by atoms with Crippen molar-refractivity contribution in [2.45, 2.75) is 19.0 Å². The van der Waals surface area contributed by atoms with Crippen molar-refractivity contribution in [3.8, 4) is 0 Å². The summed E-state index contributed by atoms with van der Waals surface area (Å²) < 4.78 is 27.6. The van der Waals surface area contributed by atoms with E-state index in [2.05, 4.69) is 0 Å². The predicted molar refractivity (Wildman–Crippen MR) is 106 cm³/mol. The van der Waals surface area contributed by atoms with Crippen molar-refractivity contribution in [2.24, 2.45) is 5.73 Å². The molecule has 4 nitrogen and oxygen atoms in total. The van der Waals surface area contributed by atoms with Crippen LogP contribution in [0.4, 0.5) is 8.78 Å². The molecule has 0 saturated heterocycles. The maximum absolute atomic E-state index is 13.8. The summed E-state index contributed by atoms with van der Waals surface area (Å²) in [6, 6.07) is 18.0. The van der Waals surface area contributed by atoms with E-state index in [0.717, 1.165) is 18.2 Å². The summed E-state index contributed by atoms with van der Waals surface area (Å²) in [5.41, 5.74) is 6.74. The third-order valence-corrected chi connectivity index (χ3v) is 4.70. The smallest absolute Gasteiger partial charge is 0.255 e. The van der Waals surface area contributed by atoms with Crippen LogP contribution >= 0.6 is 0 Å². The fourth-order valence-corrected chi connectivity index (χ4v) is 3.32. The Morgan fingerprint density at radius 2 is 1.34 bits per heavy atom. The molecule has 3 rings (SSSR count). The van der Waals surface area contributed by atoms with E-state index in [-0.39, 0.29) is 5.56 Å². The average Bonchev–Trinajstić information content (AvgIpc) is 2.71. The molecular weight excluding hydrogens is 374 g/mol. The quantitative estimate of drug-likeness (QED) is 0.674. The Bertz CT molecular complexity index is 990. The number of nitrogens with two attached hydrogens (primary N) is 1. The van der Waals surface area contributed by atoms with Crippen LogP contribution < -0.4 is 5.73 Å². The molecule has 29 heavy (non-hydrogen) atoms. The molecule has 0 heterocycles. The molecule has 0 spiro atoms. The highest BCUT2D eigenvalue weighted by Gasteiger charge is 2.35. The number of carbonyl (C=O) groups excluding carboxylic acids is 2. The number of carbonyl (C=O) groups is 2. The molecule has 6 heteroatoms. The molecule has 3 aromatic rings. The van der Waals surface area contributed by atoms with Crippen LogP contribution in [0.25, 0.3) is 0 Å². The SMILES string of the molecule is C[C@H](c1cc(F)cc(F)c1)N(C(=O)c1ccccc1)[C@H](C(N)=O)c1ccccc1. The first kappa shape index (κ1) is 20.2. The van der Waals surface area contributed by atoms with Crippen molar-refractivity contribution in [3.05, 3.63) is 107 Å². The van der Waals surface area contributed by atoms with Gasteiger partial charge in [0, 0.05) is 11.6 Å². The second-order valence-corrected chi connectivity index (χ2v) is 6.67. The van der Waals surface area contributed by atoms with Gasteiger partial charge in [0.1, 0.15) is 17.7 Å². The lowest BCUT2D eigenvalue weighted by atomic mass is 9.98. The molecule has 148 valence electrons. The minimum Gasteiger partial charge on any atom is -0.368 e. The summed E-state index contributed by atoms with van der Waals surface area (Å²) in [6.07, 6.45) is 0. The normalized spacial score (nSPS) is 12.8. The van der Waals surface area contributed by atoms with Crippen LogP contribution in [-0.2, 0) is 4.79 Å². The molecule has 0 aliphatic rings. The highest BCUT2D eigenvalue weighted by atomic mass is 19.1. The van der Waals surface area contributed by atoms with E-state index in [1.807, 2.05) is 0 Å². The second kappa shape index (κ2) is 8.65. The lowest BCUT2D eigenvalue weighted by Crippen LogP contribution is -2.43. The van der Waals surface area contributed by atoms with E-state index in [1.54, 1.807) is 67.6 Å². The van der Waals surface area contributed by atoms with Crippen molar-refractivity contribution in [2.75, 3.05) is 0 Å². The summed E-state index contributed by atoms with van der Waals surface area (Å²) in [6.45, 7) is 1.61. The summed E-state index contributed by atoms with van der Waals surface area (Å²) in [7, 11) is 0. The molecule has 2 amide bonds. The van der Waals surface area contributed by atoms with E-state index in [1.165, 1.54) is 4.90 Å². The summed E-state index contributed by atoms with van der Waals surface area (Å²) >= 11 is 0. The van der Waals surface area contributed by atoms with Crippen molar-refractivity contribution in [1.82, 2.24) is 4.90 Å². The Balaban J connectivity index is 2.15. The number of hydrogen-bond donors (Lipinski definition) is 1. The highest BCUT2D eigenvalue weighted by molar-refractivity contribution is 5.98. The summed E-state index contributed by atoms with van der Waals surface area (Å²) in [5.74, 6) is -2.76. The summed E-state index contributed by atoms with van der Waals surface area (Å²) in [5, 5.41) is 0. The Kier molecular flexibility index (Phi) is 6.02. The van der Waals surface area contributed by atoms with E-state index in [9.17, 15) is 18.4 Å². The molecule has 0 aromatic heterocycles. The topological polar surface area (TPSA) is 63.4 Å². The number of amides is 2. The monoisotopic (exact) mass is 394 g/mol. The van der Waals surface area contributed by atoms with Crippen molar-refractivity contribution >= 4 is 11.8 Å². The number of hydrogen-bond acceptors (Lipinski definition) is 2. The Hall–Kier alpha value is -3.54. The van der Waals surface area contributed by atoms with Gasteiger partial charge < -0.3 is 10.6 Å². The number of halogens is 2. The highest BCUT2D eigenvalue weighted by Crippen LogP contribution is 2.33. The van der Waals surface area contributed by atoms with E-state index < -0.39 is 35.5 Å². The van der Waals surface area contributed by atoms with Crippen molar-refractivity contribution in [1.29, 1.82) is 0 Å². The van der Waals surface area contributed by atoms with E-state index in [0.29, 0.717) is 11.1 Å². The molecular formula is C23H20F2N2O2. The molecule has 0 aliphatic carbocycles. The van der Waals surface area contributed by atoms with Gasteiger partial charge in [0.25, 0.3) is 5.91 Å². The maximum atomic E-state index is 13.8. The van der Waals surface area contributed by atoms with Gasteiger partial charge in [0.05, 0.1) is 6.04 Å². The lowest BCUT2D eigenvalue weighted by Gasteiger charge is -2.35. The first-order valence-corrected chi connectivity index (χ1v) is 9.06. The van der Waals surface area contributed by atoms with Gasteiger partial charge in [-0.05, 0) is 42.3 Å². The fraction of sp³-hybridized carbons (Fsp3) is 0.130. The molecule has 0 unspecified atom stereocenters. The minimum absolute atomic E-state index is 0.217. The molecule has 0 fully saturated rings. The lowest BCUT2D eigenvalue weighted by molar-refractivity contribution is -0.123. The predicted octanol–water partition coefficient (Wildman–Crippen LogP) is 4.39.